The summed E-state index contributed by atoms with van der Waals surface area (Å²) in [5, 5.41) is 23.1. The number of benzene rings is 2. The van der Waals surface area contributed by atoms with E-state index in [4.69, 9.17) is 27.9 Å². The highest BCUT2D eigenvalue weighted by molar-refractivity contribution is 7.93. The van der Waals surface area contributed by atoms with Crippen LogP contribution in [0.2, 0.25) is 10.0 Å². The van der Waals surface area contributed by atoms with Gasteiger partial charge in [0.2, 0.25) is 0 Å². The summed E-state index contributed by atoms with van der Waals surface area (Å²) >= 11 is 12.2. The molecule has 0 aliphatic carbocycles. The second-order valence-corrected chi connectivity index (χ2v) is 13.6. The van der Waals surface area contributed by atoms with Crippen LogP contribution in [-0.4, -0.2) is 59.6 Å². The molecule has 1 fully saturated rings. The average molecular weight is 619 g/mol. The normalized spacial score (nSPS) is 16.6. The van der Waals surface area contributed by atoms with Crippen LogP contribution < -0.4 is 9.62 Å². The van der Waals surface area contributed by atoms with E-state index in [9.17, 15) is 18.3 Å². The summed E-state index contributed by atoms with van der Waals surface area (Å²) in [4.78, 5) is 12.4. The SMILES string of the molecule is CC(C)(C)[C@H](C(=O)O)N(c1ccc2c(ccn2-c2ccc(NC3CCOC3)nn2)c1)S(=O)(=O)c1cc(Cl)cc(Cl)c1. The number of hydrogen-bond acceptors (Lipinski definition) is 7. The van der Waals surface area contributed by atoms with Crippen molar-refractivity contribution in [2.75, 3.05) is 22.8 Å². The Bertz CT molecular complexity index is 1680. The van der Waals surface area contributed by atoms with Crippen molar-refractivity contribution < 1.29 is 23.1 Å². The minimum atomic E-state index is -4.42. The lowest BCUT2D eigenvalue weighted by atomic mass is 9.86. The molecule has 41 heavy (non-hydrogen) atoms. The second kappa shape index (κ2) is 11.1. The van der Waals surface area contributed by atoms with Gasteiger partial charge in [-0.15, -0.1) is 10.2 Å². The van der Waals surface area contributed by atoms with Crippen LogP contribution in [-0.2, 0) is 19.6 Å². The third-order valence-corrected chi connectivity index (χ3v) is 9.00. The van der Waals surface area contributed by atoms with Crippen molar-refractivity contribution >= 4 is 61.6 Å². The molecule has 2 atom stereocenters. The average Bonchev–Trinajstić information content (AvgIpc) is 3.55. The highest BCUT2D eigenvalue weighted by Crippen LogP contribution is 2.37. The molecule has 13 heteroatoms. The molecule has 0 bridgehead atoms. The van der Waals surface area contributed by atoms with Gasteiger partial charge in [0, 0.05) is 28.2 Å². The number of carboxylic acid groups (broad SMARTS) is 1. The predicted octanol–water partition coefficient (Wildman–Crippen LogP) is 5.62. The standard InChI is InChI=1S/C28H29Cl2N5O5S/c1-28(2,3)26(27(36)37)35(41(38,39)22-14-18(29)13-19(30)15-22)21-4-5-23-17(12-21)8-10-34(23)25-7-6-24(32-33-25)31-20-9-11-40-16-20/h4-8,10,12-15,20,26H,9,11,16H2,1-3H3,(H,31,32)(H,36,37)/t20?,26-/m0/s1. The lowest BCUT2D eigenvalue weighted by Gasteiger charge is -2.37. The van der Waals surface area contributed by atoms with Gasteiger partial charge in [-0.1, -0.05) is 44.0 Å². The quantitative estimate of drug-likeness (QED) is 0.261. The number of carbonyl (C=O) groups is 1. The zero-order chi connectivity index (χ0) is 29.5. The van der Waals surface area contributed by atoms with Crippen LogP contribution in [0.3, 0.4) is 0 Å². The van der Waals surface area contributed by atoms with Gasteiger partial charge in [-0.25, -0.2) is 13.2 Å². The minimum Gasteiger partial charge on any atom is -0.480 e. The molecule has 2 aromatic carbocycles. The van der Waals surface area contributed by atoms with E-state index in [1.807, 2.05) is 16.7 Å². The smallest absolute Gasteiger partial charge is 0.328 e. The lowest BCUT2D eigenvalue weighted by Crippen LogP contribution is -2.52. The molecule has 5 rings (SSSR count). The number of rotatable bonds is 8. The van der Waals surface area contributed by atoms with E-state index >= 15 is 0 Å². The number of sulfonamides is 1. The molecule has 2 N–H and O–H groups in total. The lowest BCUT2D eigenvalue weighted by molar-refractivity contribution is -0.140. The molecule has 2 aromatic heterocycles. The number of aromatic nitrogens is 3. The number of fused-ring (bicyclic) bond motifs is 1. The molecular weight excluding hydrogens is 589 g/mol. The molecule has 1 saturated heterocycles. The Morgan fingerprint density at radius 1 is 1.10 bits per heavy atom. The van der Waals surface area contributed by atoms with E-state index in [1.54, 1.807) is 51.2 Å². The van der Waals surface area contributed by atoms with Gasteiger partial charge in [-0.05, 0) is 66.4 Å². The Morgan fingerprint density at radius 2 is 1.83 bits per heavy atom. The van der Waals surface area contributed by atoms with Crippen LogP contribution >= 0.6 is 23.2 Å². The Kier molecular flexibility index (Phi) is 7.90. The molecule has 1 aliphatic heterocycles. The fourth-order valence-electron chi connectivity index (χ4n) is 4.90. The molecule has 0 saturated carbocycles. The number of anilines is 2. The number of nitrogens with zero attached hydrogens (tertiary/aromatic N) is 4. The van der Waals surface area contributed by atoms with Gasteiger partial charge >= 0.3 is 5.97 Å². The zero-order valence-electron chi connectivity index (χ0n) is 22.6. The van der Waals surface area contributed by atoms with Crippen LogP contribution in [0.25, 0.3) is 16.7 Å². The van der Waals surface area contributed by atoms with Crippen molar-refractivity contribution in [3.63, 3.8) is 0 Å². The van der Waals surface area contributed by atoms with Gasteiger partial charge in [-0.3, -0.25) is 8.87 Å². The predicted molar refractivity (Wildman–Crippen MR) is 159 cm³/mol. The van der Waals surface area contributed by atoms with Gasteiger partial charge in [0.25, 0.3) is 10.0 Å². The van der Waals surface area contributed by atoms with Crippen LogP contribution in [0.5, 0.6) is 0 Å². The summed E-state index contributed by atoms with van der Waals surface area (Å²) in [6, 6.07) is 13.1. The fraction of sp³-hybridized carbons (Fsp3) is 0.321. The van der Waals surface area contributed by atoms with Crippen molar-refractivity contribution in [1.82, 2.24) is 14.8 Å². The second-order valence-electron chi connectivity index (χ2n) is 10.9. The number of carboxylic acids is 1. The maximum absolute atomic E-state index is 14.1. The molecule has 1 unspecified atom stereocenters. The topological polar surface area (TPSA) is 127 Å². The molecule has 216 valence electrons. The van der Waals surface area contributed by atoms with Gasteiger partial charge < -0.3 is 15.2 Å². The van der Waals surface area contributed by atoms with E-state index in [-0.39, 0.29) is 26.7 Å². The van der Waals surface area contributed by atoms with Gasteiger partial charge in [0.15, 0.2) is 5.82 Å². The van der Waals surface area contributed by atoms with E-state index in [2.05, 4.69) is 15.5 Å². The van der Waals surface area contributed by atoms with Crippen LogP contribution in [0.15, 0.2) is 65.7 Å². The zero-order valence-corrected chi connectivity index (χ0v) is 24.9. The first-order valence-corrected chi connectivity index (χ1v) is 15.1. The Balaban J connectivity index is 1.56. The van der Waals surface area contributed by atoms with Gasteiger partial charge in [0.05, 0.1) is 28.7 Å². The number of aliphatic carboxylic acids is 1. The monoisotopic (exact) mass is 617 g/mol. The summed E-state index contributed by atoms with van der Waals surface area (Å²) in [6.07, 6.45) is 2.70. The molecule has 0 spiro atoms. The van der Waals surface area contributed by atoms with Crippen LogP contribution in [0.1, 0.15) is 27.2 Å². The van der Waals surface area contributed by atoms with Crippen molar-refractivity contribution in [1.29, 1.82) is 0 Å². The van der Waals surface area contributed by atoms with Crippen molar-refractivity contribution in [2.24, 2.45) is 5.41 Å². The van der Waals surface area contributed by atoms with Crippen LogP contribution in [0, 0.1) is 5.41 Å². The molecule has 1 aliphatic rings. The van der Waals surface area contributed by atoms with E-state index in [0.717, 1.165) is 22.8 Å². The third kappa shape index (κ3) is 5.99. The summed E-state index contributed by atoms with van der Waals surface area (Å²) in [6.45, 7) is 6.36. The first kappa shape index (κ1) is 29.1. The van der Waals surface area contributed by atoms with E-state index < -0.39 is 27.4 Å². The fourth-order valence-corrected chi connectivity index (χ4v) is 7.40. The number of ether oxygens (including phenoxy) is 1. The summed E-state index contributed by atoms with van der Waals surface area (Å²) in [5.41, 5.74) is -0.0603. The molecule has 0 radical (unpaired) electrons. The van der Waals surface area contributed by atoms with Crippen molar-refractivity contribution in [3.8, 4) is 5.82 Å². The van der Waals surface area contributed by atoms with Gasteiger partial charge in [0.1, 0.15) is 11.9 Å². The third-order valence-electron chi connectivity index (χ3n) is 6.79. The van der Waals surface area contributed by atoms with Gasteiger partial charge in [-0.2, -0.15) is 0 Å². The number of nitrogens with one attached hydrogen (secondary N) is 1. The maximum atomic E-state index is 14.1. The minimum absolute atomic E-state index is 0.116. The Hall–Kier alpha value is -3.38. The van der Waals surface area contributed by atoms with E-state index in [0.29, 0.717) is 23.6 Å². The molecule has 10 nitrogen and oxygen atoms in total. The highest BCUT2D eigenvalue weighted by atomic mass is 35.5. The maximum Gasteiger partial charge on any atom is 0.328 e. The molecule has 4 aromatic rings. The van der Waals surface area contributed by atoms with Crippen molar-refractivity contribution in [3.05, 3.63) is 70.8 Å². The molecular formula is C28H29Cl2N5O5S. The highest BCUT2D eigenvalue weighted by Gasteiger charge is 2.43. The number of hydrogen-bond donors (Lipinski definition) is 2. The van der Waals surface area contributed by atoms with Crippen molar-refractivity contribution in [2.45, 2.75) is 44.2 Å². The van der Waals surface area contributed by atoms with E-state index in [1.165, 1.54) is 18.2 Å². The molecule has 3 heterocycles. The first-order chi connectivity index (χ1) is 19.3. The largest absolute Gasteiger partial charge is 0.480 e. The summed E-state index contributed by atoms with van der Waals surface area (Å²) in [7, 11) is -4.42. The Labute approximate surface area is 247 Å². The van der Waals surface area contributed by atoms with Crippen LogP contribution in [0.4, 0.5) is 11.5 Å². The number of halogens is 2. The first-order valence-electron chi connectivity index (χ1n) is 12.9. The Morgan fingerprint density at radius 3 is 2.41 bits per heavy atom. The summed E-state index contributed by atoms with van der Waals surface area (Å²) < 4.78 is 36.3. The summed E-state index contributed by atoms with van der Waals surface area (Å²) in [5.74, 6) is -0.0796. The molecule has 0 amide bonds.